The Morgan fingerprint density at radius 3 is 2.32 bits per heavy atom. The summed E-state index contributed by atoms with van der Waals surface area (Å²) in [6, 6.07) is 14.5. The molecule has 0 saturated carbocycles. The highest BCUT2D eigenvalue weighted by molar-refractivity contribution is 5.78. The van der Waals surface area contributed by atoms with Crippen LogP contribution in [0.3, 0.4) is 0 Å². The van der Waals surface area contributed by atoms with E-state index in [1.165, 1.54) is 11.6 Å². The first-order valence-electron chi connectivity index (χ1n) is 9.44. The van der Waals surface area contributed by atoms with Crippen LogP contribution in [0, 0.1) is 10.1 Å². The lowest BCUT2D eigenvalue weighted by atomic mass is 10.0. The Hall–Kier alpha value is -3.09. The number of rotatable bonds is 6. The van der Waals surface area contributed by atoms with Crippen LogP contribution < -0.4 is 9.64 Å². The summed E-state index contributed by atoms with van der Waals surface area (Å²) in [5.74, 6) is 1.05. The number of hydrogen-bond donors (Lipinski definition) is 0. The van der Waals surface area contributed by atoms with Gasteiger partial charge in [-0.25, -0.2) is 0 Å². The van der Waals surface area contributed by atoms with Gasteiger partial charge in [-0.3, -0.25) is 14.9 Å². The molecule has 3 rings (SSSR count). The second-order valence-electron chi connectivity index (χ2n) is 7.13. The fourth-order valence-electron chi connectivity index (χ4n) is 3.27. The van der Waals surface area contributed by atoms with Crippen LogP contribution in [0.2, 0.25) is 0 Å². The first-order chi connectivity index (χ1) is 13.5. The molecule has 0 spiro atoms. The van der Waals surface area contributed by atoms with E-state index in [0.29, 0.717) is 43.5 Å². The summed E-state index contributed by atoms with van der Waals surface area (Å²) in [7, 11) is 0. The summed E-state index contributed by atoms with van der Waals surface area (Å²) < 4.78 is 5.62. The molecule has 1 saturated heterocycles. The van der Waals surface area contributed by atoms with Crippen LogP contribution in [0.5, 0.6) is 5.75 Å². The number of amides is 1. The summed E-state index contributed by atoms with van der Waals surface area (Å²) in [6.07, 6.45) is 0. The van der Waals surface area contributed by atoms with Crippen molar-refractivity contribution in [1.29, 1.82) is 0 Å². The summed E-state index contributed by atoms with van der Waals surface area (Å²) in [5, 5.41) is 11.2. The molecule has 7 heteroatoms. The lowest BCUT2D eigenvalue weighted by Crippen LogP contribution is -2.50. The molecule has 28 heavy (non-hydrogen) atoms. The summed E-state index contributed by atoms with van der Waals surface area (Å²) in [6.45, 7) is 6.39. The van der Waals surface area contributed by atoms with Crippen molar-refractivity contribution in [3.63, 3.8) is 0 Å². The number of nitrogens with zero attached hydrogens (tertiary/aromatic N) is 3. The lowest BCUT2D eigenvalue weighted by molar-refractivity contribution is -0.384. The van der Waals surface area contributed by atoms with E-state index in [1.807, 2.05) is 29.2 Å². The maximum atomic E-state index is 12.4. The van der Waals surface area contributed by atoms with E-state index in [1.54, 1.807) is 23.1 Å². The fraction of sp³-hybridized carbons (Fsp3) is 0.381. The van der Waals surface area contributed by atoms with Gasteiger partial charge in [0.25, 0.3) is 11.6 Å². The van der Waals surface area contributed by atoms with Crippen molar-refractivity contribution in [3.8, 4) is 5.75 Å². The number of carbonyl (C=O) groups excluding carboxylic acids is 1. The number of anilines is 1. The Balaban J connectivity index is 1.52. The second kappa shape index (κ2) is 8.73. The third kappa shape index (κ3) is 4.60. The number of benzene rings is 2. The van der Waals surface area contributed by atoms with E-state index in [2.05, 4.69) is 13.8 Å². The van der Waals surface area contributed by atoms with Crippen molar-refractivity contribution in [2.24, 2.45) is 0 Å². The summed E-state index contributed by atoms with van der Waals surface area (Å²) in [5.41, 5.74) is 1.92. The molecule has 2 aromatic rings. The first kappa shape index (κ1) is 19.7. The standard InChI is InChI=1S/C21H25N3O4/c1-16(2)17-7-9-18(10-8-17)28-15-21(25)23-13-11-22(12-14-23)19-5-3-4-6-20(19)24(26)27/h3-10,16H,11-15H2,1-2H3. The molecule has 0 N–H and O–H groups in total. The minimum atomic E-state index is -0.370. The number of piperazine rings is 1. The predicted octanol–water partition coefficient (Wildman–Crippen LogP) is 3.45. The molecule has 0 aromatic heterocycles. The van der Waals surface area contributed by atoms with E-state index >= 15 is 0 Å². The number of nitro groups is 1. The molecule has 7 nitrogen and oxygen atoms in total. The summed E-state index contributed by atoms with van der Waals surface area (Å²) in [4.78, 5) is 27.0. The van der Waals surface area contributed by atoms with Gasteiger partial charge in [-0.05, 0) is 29.7 Å². The molecular weight excluding hydrogens is 358 g/mol. The smallest absolute Gasteiger partial charge is 0.292 e. The third-order valence-electron chi connectivity index (χ3n) is 4.96. The molecule has 0 atom stereocenters. The van der Waals surface area contributed by atoms with Crippen molar-refractivity contribution >= 4 is 17.3 Å². The van der Waals surface area contributed by atoms with Gasteiger partial charge in [0.15, 0.2) is 6.61 Å². The molecule has 1 aliphatic heterocycles. The molecule has 2 aromatic carbocycles. The van der Waals surface area contributed by atoms with Crippen molar-refractivity contribution in [3.05, 3.63) is 64.2 Å². The van der Waals surface area contributed by atoms with Gasteiger partial charge in [-0.15, -0.1) is 0 Å². The van der Waals surface area contributed by atoms with Crippen LogP contribution >= 0.6 is 0 Å². The van der Waals surface area contributed by atoms with Crippen molar-refractivity contribution in [1.82, 2.24) is 4.90 Å². The predicted molar refractivity (Wildman–Crippen MR) is 108 cm³/mol. The van der Waals surface area contributed by atoms with Gasteiger partial charge >= 0.3 is 0 Å². The van der Waals surface area contributed by atoms with E-state index in [9.17, 15) is 14.9 Å². The van der Waals surface area contributed by atoms with E-state index in [0.717, 1.165) is 0 Å². The van der Waals surface area contributed by atoms with Crippen LogP contribution in [0.25, 0.3) is 0 Å². The molecule has 0 radical (unpaired) electrons. The molecule has 1 heterocycles. The number of para-hydroxylation sites is 2. The Labute approximate surface area is 164 Å². The van der Waals surface area contributed by atoms with Crippen LogP contribution in [0.1, 0.15) is 25.3 Å². The molecule has 1 aliphatic rings. The Morgan fingerprint density at radius 1 is 1.07 bits per heavy atom. The van der Waals surface area contributed by atoms with E-state index in [-0.39, 0.29) is 23.1 Å². The Kier molecular flexibility index (Phi) is 6.13. The van der Waals surface area contributed by atoms with Gasteiger partial charge in [-0.2, -0.15) is 0 Å². The zero-order valence-electron chi connectivity index (χ0n) is 16.2. The normalized spacial score (nSPS) is 14.2. The maximum Gasteiger partial charge on any atom is 0.292 e. The monoisotopic (exact) mass is 383 g/mol. The molecule has 0 aliphatic carbocycles. The second-order valence-corrected chi connectivity index (χ2v) is 7.13. The minimum absolute atomic E-state index is 0.00743. The van der Waals surface area contributed by atoms with E-state index < -0.39 is 0 Å². The molecular formula is C21H25N3O4. The average molecular weight is 383 g/mol. The largest absolute Gasteiger partial charge is 0.484 e. The van der Waals surface area contributed by atoms with Gasteiger partial charge < -0.3 is 14.5 Å². The highest BCUT2D eigenvalue weighted by Crippen LogP contribution is 2.28. The molecule has 0 unspecified atom stereocenters. The van der Waals surface area contributed by atoms with Gasteiger partial charge in [0.2, 0.25) is 0 Å². The highest BCUT2D eigenvalue weighted by atomic mass is 16.6. The number of carbonyl (C=O) groups is 1. The zero-order valence-corrected chi connectivity index (χ0v) is 16.2. The van der Waals surface area contributed by atoms with E-state index in [4.69, 9.17) is 4.74 Å². The highest BCUT2D eigenvalue weighted by Gasteiger charge is 2.25. The van der Waals surface area contributed by atoms with Crippen LogP contribution in [-0.4, -0.2) is 48.5 Å². The van der Waals surface area contributed by atoms with Crippen molar-refractivity contribution in [2.75, 3.05) is 37.7 Å². The maximum absolute atomic E-state index is 12.4. The quantitative estimate of drug-likeness (QED) is 0.564. The van der Waals surface area contributed by atoms with Crippen molar-refractivity contribution in [2.45, 2.75) is 19.8 Å². The molecule has 148 valence electrons. The van der Waals surface area contributed by atoms with Gasteiger partial charge in [0.1, 0.15) is 11.4 Å². The van der Waals surface area contributed by atoms with Crippen LogP contribution in [0.4, 0.5) is 11.4 Å². The number of hydrogen-bond acceptors (Lipinski definition) is 5. The topological polar surface area (TPSA) is 75.9 Å². The summed E-state index contributed by atoms with van der Waals surface area (Å²) >= 11 is 0. The third-order valence-corrected chi connectivity index (χ3v) is 4.96. The average Bonchev–Trinajstić information content (AvgIpc) is 2.72. The zero-order chi connectivity index (χ0) is 20.1. The first-order valence-corrected chi connectivity index (χ1v) is 9.44. The molecule has 1 fully saturated rings. The van der Waals surface area contributed by atoms with Crippen LogP contribution in [-0.2, 0) is 4.79 Å². The van der Waals surface area contributed by atoms with Crippen LogP contribution in [0.15, 0.2) is 48.5 Å². The Morgan fingerprint density at radius 2 is 1.71 bits per heavy atom. The Bertz CT molecular complexity index is 828. The lowest BCUT2D eigenvalue weighted by Gasteiger charge is -2.35. The fourth-order valence-corrected chi connectivity index (χ4v) is 3.27. The van der Waals surface area contributed by atoms with Crippen molar-refractivity contribution < 1.29 is 14.5 Å². The molecule has 0 bridgehead atoms. The van der Waals surface area contributed by atoms with Gasteiger partial charge in [0.05, 0.1) is 4.92 Å². The number of ether oxygens (including phenoxy) is 1. The van der Waals surface area contributed by atoms with Gasteiger partial charge in [0, 0.05) is 32.2 Å². The minimum Gasteiger partial charge on any atom is -0.484 e. The molecule has 1 amide bonds. The van der Waals surface area contributed by atoms with Gasteiger partial charge in [-0.1, -0.05) is 38.1 Å². The SMILES string of the molecule is CC(C)c1ccc(OCC(=O)N2CCN(c3ccccc3[N+](=O)[O-])CC2)cc1. The number of nitro benzene ring substituents is 1.